The molecule has 0 aromatic carbocycles. The smallest absolute Gasteiger partial charge is 0.239 e. The highest BCUT2D eigenvalue weighted by Gasteiger charge is 2.33. The minimum Gasteiger partial charge on any atom is -0.377 e. The van der Waals surface area contributed by atoms with Gasteiger partial charge in [0.25, 0.3) is 0 Å². The lowest BCUT2D eigenvalue weighted by atomic mass is 10.1. The first-order valence-corrected chi connectivity index (χ1v) is 5.01. The number of hydrogen-bond donors (Lipinski definition) is 1. The summed E-state index contributed by atoms with van der Waals surface area (Å²) in [5, 5.41) is 3.02. The molecule has 0 aromatic heterocycles. The van der Waals surface area contributed by atoms with E-state index >= 15 is 0 Å². The second kappa shape index (κ2) is 4.28. The molecule has 0 saturated carbocycles. The van der Waals surface area contributed by atoms with Crippen molar-refractivity contribution in [2.24, 2.45) is 0 Å². The van der Waals surface area contributed by atoms with Gasteiger partial charge in [-0.2, -0.15) is 0 Å². The van der Waals surface area contributed by atoms with Crippen LogP contribution in [0.25, 0.3) is 0 Å². The molecule has 0 bridgehead atoms. The van der Waals surface area contributed by atoms with Crippen LogP contribution in [-0.4, -0.2) is 49.7 Å². The Morgan fingerprint density at radius 1 is 1.64 bits per heavy atom. The van der Waals surface area contributed by atoms with Gasteiger partial charge in [-0.3, -0.25) is 4.79 Å². The average molecular weight is 200 g/mol. The molecule has 82 valence electrons. The van der Waals surface area contributed by atoms with Crippen LogP contribution in [0.2, 0.25) is 0 Å². The Bertz CT molecular complexity index is 216. The van der Waals surface area contributed by atoms with Crippen LogP contribution in [0.5, 0.6) is 0 Å². The van der Waals surface area contributed by atoms with Crippen LogP contribution in [-0.2, 0) is 9.53 Å². The van der Waals surface area contributed by atoms with Crippen molar-refractivity contribution in [3.05, 3.63) is 0 Å². The van der Waals surface area contributed by atoms with Crippen LogP contribution in [0.3, 0.4) is 0 Å². The lowest BCUT2D eigenvalue weighted by Crippen LogP contribution is -2.44. The van der Waals surface area contributed by atoms with Crippen LogP contribution < -0.4 is 5.32 Å². The van der Waals surface area contributed by atoms with Crippen molar-refractivity contribution >= 4 is 5.91 Å². The van der Waals surface area contributed by atoms with E-state index in [1.165, 1.54) is 0 Å². The fourth-order valence-electron chi connectivity index (χ4n) is 1.69. The van der Waals surface area contributed by atoms with Gasteiger partial charge in [0.1, 0.15) is 0 Å². The van der Waals surface area contributed by atoms with E-state index < -0.39 is 0 Å². The molecule has 4 heteroatoms. The Kier molecular flexibility index (Phi) is 3.50. The maximum Gasteiger partial charge on any atom is 0.239 e. The number of carbonyl (C=O) groups excluding carboxylic acids is 1. The van der Waals surface area contributed by atoms with Crippen LogP contribution in [0, 0.1) is 0 Å². The van der Waals surface area contributed by atoms with E-state index in [1.54, 1.807) is 7.11 Å². The van der Waals surface area contributed by atoms with E-state index in [0.29, 0.717) is 6.54 Å². The van der Waals surface area contributed by atoms with Gasteiger partial charge in [-0.1, -0.05) is 0 Å². The third-order valence-corrected chi connectivity index (χ3v) is 2.77. The fraction of sp³-hybridized carbons (Fsp3) is 0.900. The van der Waals surface area contributed by atoms with Crippen molar-refractivity contribution in [2.45, 2.75) is 31.9 Å². The van der Waals surface area contributed by atoms with Crippen molar-refractivity contribution in [3.8, 4) is 0 Å². The van der Waals surface area contributed by atoms with Crippen LogP contribution in [0.15, 0.2) is 0 Å². The van der Waals surface area contributed by atoms with Crippen LogP contribution in [0.1, 0.15) is 20.3 Å². The Labute approximate surface area is 85.6 Å². The van der Waals surface area contributed by atoms with Crippen molar-refractivity contribution in [3.63, 3.8) is 0 Å². The summed E-state index contributed by atoms with van der Waals surface area (Å²) in [5.41, 5.74) is -0.252. The molecule has 0 aromatic rings. The van der Waals surface area contributed by atoms with E-state index in [2.05, 4.69) is 5.32 Å². The predicted molar refractivity (Wildman–Crippen MR) is 55.1 cm³/mol. The van der Waals surface area contributed by atoms with Gasteiger partial charge in [0.15, 0.2) is 0 Å². The van der Waals surface area contributed by atoms with Crippen molar-refractivity contribution in [2.75, 3.05) is 27.2 Å². The SMILES string of the molecule is CNC1CCN(CC(C)(C)OC)C1=O. The molecule has 0 aliphatic carbocycles. The molecule has 0 spiro atoms. The zero-order chi connectivity index (χ0) is 10.8. The number of rotatable bonds is 4. The zero-order valence-corrected chi connectivity index (χ0v) is 9.46. The van der Waals surface area contributed by atoms with E-state index in [1.807, 2.05) is 25.8 Å². The van der Waals surface area contributed by atoms with E-state index in [9.17, 15) is 4.79 Å². The molecule has 1 heterocycles. The molecule has 4 nitrogen and oxygen atoms in total. The van der Waals surface area contributed by atoms with Gasteiger partial charge in [0.05, 0.1) is 11.6 Å². The number of nitrogens with one attached hydrogen (secondary N) is 1. The summed E-state index contributed by atoms with van der Waals surface area (Å²) in [6.07, 6.45) is 0.898. The maximum absolute atomic E-state index is 11.7. The standard InChI is InChI=1S/C10H20N2O2/c1-10(2,14-4)7-12-6-5-8(11-3)9(12)13/h8,11H,5-7H2,1-4H3. The summed E-state index contributed by atoms with van der Waals surface area (Å²) in [7, 11) is 3.50. The average Bonchev–Trinajstić information content (AvgIpc) is 2.47. The number of likely N-dealkylation sites (N-methyl/N-ethyl adjacent to an activating group) is 1. The first-order chi connectivity index (χ1) is 6.50. The summed E-state index contributed by atoms with van der Waals surface area (Å²) >= 11 is 0. The van der Waals surface area contributed by atoms with Gasteiger partial charge in [-0.25, -0.2) is 0 Å². The highest BCUT2D eigenvalue weighted by atomic mass is 16.5. The third-order valence-electron chi connectivity index (χ3n) is 2.77. The summed E-state index contributed by atoms with van der Waals surface area (Å²) in [4.78, 5) is 13.6. The second-order valence-electron chi connectivity index (χ2n) is 4.35. The first-order valence-electron chi connectivity index (χ1n) is 5.01. The number of hydrogen-bond acceptors (Lipinski definition) is 3. The number of carbonyl (C=O) groups is 1. The number of methoxy groups -OCH3 is 1. The quantitative estimate of drug-likeness (QED) is 0.706. The molecule has 1 saturated heterocycles. The van der Waals surface area contributed by atoms with E-state index in [-0.39, 0.29) is 17.6 Å². The Morgan fingerprint density at radius 2 is 2.29 bits per heavy atom. The minimum absolute atomic E-state index is 0.00246. The van der Waals surface area contributed by atoms with Gasteiger partial charge >= 0.3 is 0 Å². The normalized spacial score (nSPS) is 23.3. The third kappa shape index (κ3) is 2.45. The monoisotopic (exact) mass is 200 g/mol. The fourth-order valence-corrected chi connectivity index (χ4v) is 1.69. The summed E-state index contributed by atoms with van der Waals surface area (Å²) < 4.78 is 5.30. The van der Waals surface area contributed by atoms with Gasteiger partial charge in [0, 0.05) is 20.2 Å². The maximum atomic E-state index is 11.7. The highest BCUT2D eigenvalue weighted by molar-refractivity contribution is 5.84. The topological polar surface area (TPSA) is 41.6 Å². The van der Waals surface area contributed by atoms with E-state index in [4.69, 9.17) is 4.74 Å². The lowest BCUT2D eigenvalue weighted by Gasteiger charge is -2.29. The predicted octanol–water partition coefficient (Wildman–Crippen LogP) is 0.232. The molecule has 1 unspecified atom stereocenters. The van der Waals surface area contributed by atoms with Gasteiger partial charge in [0.2, 0.25) is 5.91 Å². The number of nitrogens with zero attached hydrogens (tertiary/aromatic N) is 1. The highest BCUT2D eigenvalue weighted by Crippen LogP contribution is 2.16. The number of likely N-dealkylation sites (tertiary alicyclic amines) is 1. The van der Waals surface area contributed by atoms with Crippen LogP contribution >= 0.6 is 0 Å². The largest absolute Gasteiger partial charge is 0.377 e. The molecule has 1 amide bonds. The molecular formula is C10H20N2O2. The van der Waals surface area contributed by atoms with E-state index in [0.717, 1.165) is 13.0 Å². The molecule has 0 radical (unpaired) electrons. The molecule has 1 aliphatic heterocycles. The second-order valence-corrected chi connectivity index (χ2v) is 4.35. The van der Waals surface area contributed by atoms with Gasteiger partial charge in [-0.15, -0.1) is 0 Å². The minimum atomic E-state index is -0.252. The molecular weight excluding hydrogens is 180 g/mol. The Morgan fingerprint density at radius 3 is 2.71 bits per heavy atom. The van der Waals surface area contributed by atoms with Crippen LogP contribution in [0.4, 0.5) is 0 Å². The molecule has 1 N–H and O–H groups in total. The van der Waals surface area contributed by atoms with Crippen molar-refractivity contribution in [1.82, 2.24) is 10.2 Å². The molecule has 1 rings (SSSR count). The summed E-state index contributed by atoms with van der Waals surface area (Å²) in [5.74, 6) is 0.192. The van der Waals surface area contributed by atoms with Gasteiger partial charge < -0.3 is 15.0 Å². The zero-order valence-electron chi connectivity index (χ0n) is 9.46. The molecule has 1 atom stereocenters. The molecule has 14 heavy (non-hydrogen) atoms. The molecule has 1 fully saturated rings. The number of amides is 1. The lowest BCUT2D eigenvalue weighted by molar-refractivity contribution is -0.132. The Balaban J connectivity index is 2.52. The Hall–Kier alpha value is -0.610. The van der Waals surface area contributed by atoms with Gasteiger partial charge in [-0.05, 0) is 27.3 Å². The van der Waals surface area contributed by atoms with Crippen molar-refractivity contribution < 1.29 is 9.53 Å². The number of ether oxygens (including phenoxy) is 1. The van der Waals surface area contributed by atoms with Crippen molar-refractivity contribution in [1.29, 1.82) is 0 Å². The summed E-state index contributed by atoms with van der Waals surface area (Å²) in [6, 6.07) is 0.00246. The first kappa shape index (κ1) is 11.5. The summed E-state index contributed by atoms with van der Waals surface area (Å²) in [6.45, 7) is 5.48. The molecule has 1 aliphatic rings.